The maximum Gasteiger partial charge on any atom is 0.416 e. The summed E-state index contributed by atoms with van der Waals surface area (Å²) in [5.41, 5.74) is 0.338. The molecule has 0 fully saturated rings. The summed E-state index contributed by atoms with van der Waals surface area (Å²) in [5, 5.41) is 0.732. The van der Waals surface area contributed by atoms with Crippen LogP contribution in [0, 0.1) is 4.64 Å². The lowest BCUT2D eigenvalue weighted by Gasteiger charge is -2.08. The van der Waals surface area contributed by atoms with Crippen molar-refractivity contribution >= 4 is 23.3 Å². The lowest BCUT2D eigenvalue weighted by Crippen LogP contribution is -2.07. The summed E-state index contributed by atoms with van der Waals surface area (Å²) in [5.74, 6) is 1.39. The predicted molar refractivity (Wildman–Crippen MR) is 90.8 cm³/mol. The highest BCUT2D eigenvalue weighted by atomic mass is 32.1. The van der Waals surface area contributed by atoms with Gasteiger partial charge in [-0.2, -0.15) is 18.2 Å². The molecule has 0 radical (unpaired) electrons. The van der Waals surface area contributed by atoms with E-state index >= 15 is 0 Å². The molecule has 4 rings (SSSR count). The van der Waals surface area contributed by atoms with Crippen molar-refractivity contribution in [2.75, 3.05) is 0 Å². The van der Waals surface area contributed by atoms with Crippen molar-refractivity contribution in [2.24, 2.45) is 0 Å². The third-order valence-electron chi connectivity index (χ3n) is 4.51. The van der Waals surface area contributed by atoms with E-state index in [2.05, 4.69) is 9.55 Å². The monoisotopic (exact) mass is 364 g/mol. The van der Waals surface area contributed by atoms with E-state index in [1.807, 2.05) is 0 Å². The van der Waals surface area contributed by atoms with E-state index in [0.29, 0.717) is 21.7 Å². The molecule has 130 valence electrons. The molecule has 1 aliphatic rings. The zero-order valence-electron chi connectivity index (χ0n) is 13.3. The summed E-state index contributed by atoms with van der Waals surface area (Å²) in [6.45, 7) is 0.845. The predicted octanol–water partition coefficient (Wildman–Crippen LogP) is 5.77. The van der Waals surface area contributed by atoms with Gasteiger partial charge in [-0.3, -0.25) is 0 Å². The molecule has 1 aliphatic heterocycles. The van der Waals surface area contributed by atoms with Gasteiger partial charge in [-0.1, -0.05) is 30.8 Å². The van der Waals surface area contributed by atoms with Gasteiger partial charge in [0.1, 0.15) is 16.2 Å². The van der Waals surface area contributed by atoms with E-state index in [9.17, 15) is 13.2 Å². The molecule has 1 aromatic carbocycles. The Morgan fingerprint density at radius 1 is 1.08 bits per heavy atom. The number of rotatable bonds is 1. The first-order valence-corrected chi connectivity index (χ1v) is 8.55. The largest absolute Gasteiger partial charge is 0.438 e. The highest BCUT2D eigenvalue weighted by Gasteiger charge is 2.30. The Morgan fingerprint density at radius 3 is 2.56 bits per heavy atom. The van der Waals surface area contributed by atoms with Gasteiger partial charge in [-0.05, 0) is 31.0 Å². The number of benzene rings is 1. The van der Waals surface area contributed by atoms with Crippen LogP contribution in [0.1, 0.15) is 30.7 Å². The lowest BCUT2D eigenvalue weighted by atomic mass is 10.1. The van der Waals surface area contributed by atoms with E-state index in [4.69, 9.17) is 16.6 Å². The van der Waals surface area contributed by atoms with Crippen LogP contribution in [0.15, 0.2) is 34.7 Å². The molecule has 0 saturated carbocycles. The molecule has 3 aromatic rings. The minimum atomic E-state index is -4.35. The summed E-state index contributed by atoms with van der Waals surface area (Å²) < 4.78 is 46.6. The highest BCUT2D eigenvalue weighted by Crippen LogP contribution is 2.33. The molecule has 0 amide bonds. The topological polar surface area (TPSA) is 31.0 Å². The van der Waals surface area contributed by atoms with Crippen molar-refractivity contribution in [1.82, 2.24) is 9.55 Å². The van der Waals surface area contributed by atoms with Crippen LogP contribution in [0.5, 0.6) is 0 Å². The van der Waals surface area contributed by atoms with Crippen LogP contribution in [0.4, 0.5) is 13.2 Å². The first-order valence-electron chi connectivity index (χ1n) is 8.14. The van der Waals surface area contributed by atoms with Crippen LogP contribution in [0.3, 0.4) is 0 Å². The summed E-state index contributed by atoms with van der Waals surface area (Å²) in [6.07, 6.45) is -0.208. The molecule has 0 saturated heterocycles. The van der Waals surface area contributed by atoms with Crippen LogP contribution in [0.25, 0.3) is 22.4 Å². The molecule has 3 heterocycles. The van der Waals surface area contributed by atoms with Crippen molar-refractivity contribution in [3.8, 4) is 11.3 Å². The van der Waals surface area contributed by atoms with E-state index in [0.717, 1.165) is 55.6 Å². The van der Waals surface area contributed by atoms with Crippen LogP contribution < -0.4 is 0 Å². The zero-order chi connectivity index (χ0) is 17.6. The highest BCUT2D eigenvalue weighted by molar-refractivity contribution is 7.71. The smallest absolute Gasteiger partial charge is 0.416 e. The standard InChI is InChI=1S/C18H15F3N2OS/c19-18(20,21)12-7-5-11(6-8-12)14-10-13-16(24-14)22-15-4-2-1-3-9-23(15)17(13)25/h5-8,10H,1-4,9H2. The first kappa shape index (κ1) is 16.3. The van der Waals surface area contributed by atoms with E-state index in [1.165, 1.54) is 12.1 Å². The average molecular weight is 364 g/mol. The fraction of sp³-hybridized carbons (Fsp3) is 0.333. The second kappa shape index (κ2) is 5.98. The van der Waals surface area contributed by atoms with E-state index in [1.54, 1.807) is 6.07 Å². The van der Waals surface area contributed by atoms with Crippen molar-refractivity contribution in [2.45, 2.75) is 38.4 Å². The number of aryl methyl sites for hydroxylation is 1. The molecule has 25 heavy (non-hydrogen) atoms. The third-order valence-corrected chi connectivity index (χ3v) is 4.95. The maximum absolute atomic E-state index is 12.7. The maximum atomic E-state index is 12.7. The zero-order valence-corrected chi connectivity index (χ0v) is 14.1. The second-order valence-electron chi connectivity index (χ2n) is 6.20. The van der Waals surface area contributed by atoms with Crippen LogP contribution in [0.2, 0.25) is 0 Å². The molecule has 2 aromatic heterocycles. The van der Waals surface area contributed by atoms with Crippen LogP contribution in [-0.2, 0) is 19.1 Å². The molecule has 0 aliphatic carbocycles. The molecule has 3 nitrogen and oxygen atoms in total. The summed E-state index contributed by atoms with van der Waals surface area (Å²) in [4.78, 5) is 4.59. The van der Waals surface area contributed by atoms with Gasteiger partial charge >= 0.3 is 6.18 Å². The van der Waals surface area contributed by atoms with Gasteiger partial charge in [-0.25, -0.2) is 0 Å². The molecular weight excluding hydrogens is 349 g/mol. The SMILES string of the molecule is FC(F)(F)c1ccc(-c2cc3c(=S)n4c(nc3o2)CCCCC4)cc1. The van der Waals surface area contributed by atoms with Crippen molar-refractivity contribution < 1.29 is 17.6 Å². The second-order valence-corrected chi connectivity index (χ2v) is 6.59. The van der Waals surface area contributed by atoms with Crippen LogP contribution >= 0.6 is 12.2 Å². The molecule has 7 heteroatoms. The number of furan rings is 1. The number of alkyl halides is 3. The molecule has 0 unspecified atom stereocenters. The fourth-order valence-electron chi connectivity index (χ4n) is 3.17. The number of aromatic nitrogens is 2. The minimum Gasteiger partial charge on any atom is -0.438 e. The number of hydrogen-bond donors (Lipinski definition) is 0. The normalized spacial score (nSPS) is 15.2. The van der Waals surface area contributed by atoms with Crippen molar-refractivity contribution in [1.29, 1.82) is 0 Å². The Hall–Kier alpha value is -2.15. The van der Waals surface area contributed by atoms with E-state index in [-0.39, 0.29) is 0 Å². The molecule has 0 N–H and O–H groups in total. The van der Waals surface area contributed by atoms with Gasteiger partial charge in [-0.15, -0.1) is 0 Å². The minimum absolute atomic E-state index is 0.452. The number of fused-ring (bicyclic) bond motifs is 2. The number of halogens is 3. The molecule has 0 bridgehead atoms. The summed E-state index contributed by atoms with van der Waals surface area (Å²) >= 11 is 5.59. The Labute approximate surface area is 147 Å². The van der Waals surface area contributed by atoms with Gasteiger partial charge in [0.15, 0.2) is 0 Å². The molecule has 0 atom stereocenters. The third kappa shape index (κ3) is 2.97. The van der Waals surface area contributed by atoms with E-state index < -0.39 is 11.7 Å². The number of hydrogen-bond acceptors (Lipinski definition) is 3. The molecule has 0 spiro atoms. The number of nitrogens with zero attached hydrogens (tertiary/aromatic N) is 2. The quantitative estimate of drug-likeness (QED) is 0.514. The summed E-state index contributed by atoms with van der Waals surface area (Å²) in [7, 11) is 0. The van der Waals surface area contributed by atoms with Gasteiger partial charge < -0.3 is 8.98 Å². The van der Waals surface area contributed by atoms with Crippen molar-refractivity contribution in [3.63, 3.8) is 0 Å². The van der Waals surface area contributed by atoms with Crippen molar-refractivity contribution in [3.05, 3.63) is 46.4 Å². The summed E-state index contributed by atoms with van der Waals surface area (Å²) in [6, 6.07) is 6.68. The first-order chi connectivity index (χ1) is 11.9. The van der Waals surface area contributed by atoms with Gasteiger partial charge in [0, 0.05) is 18.5 Å². The Balaban J connectivity index is 1.79. The van der Waals surface area contributed by atoms with Gasteiger partial charge in [0.25, 0.3) is 0 Å². The Morgan fingerprint density at radius 2 is 1.84 bits per heavy atom. The fourth-order valence-corrected chi connectivity index (χ4v) is 3.52. The lowest BCUT2D eigenvalue weighted by molar-refractivity contribution is -0.137. The van der Waals surface area contributed by atoms with Crippen LogP contribution in [-0.4, -0.2) is 9.55 Å². The van der Waals surface area contributed by atoms with Gasteiger partial charge in [0.2, 0.25) is 5.71 Å². The molecular formula is C18H15F3N2OS. The van der Waals surface area contributed by atoms with Gasteiger partial charge in [0.05, 0.1) is 10.9 Å². The average Bonchev–Trinajstić information content (AvgIpc) is 2.86. The Bertz CT molecular complexity index is 986. The Kier molecular flexibility index (Phi) is 3.91.